The Morgan fingerprint density at radius 1 is 1.26 bits per heavy atom. The number of nitrogens with one attached hydrogen (secondary N) is 2. The number of thiophene rings is 1. The van der Waals surface area contributed by atoms with Gasteiger partial charge in [-0.25, -0.2) is 0 Å². The summed E-state index contributed by atoms with van der Waals surface area (Å²) >= 11 is 1.29. The van der Waals surface area contributed by atoms with E-state index in [2.05, 4.69) is 24.5 Å². The average molecular weight is 478 g/mol. The van der Waals surface area contributed by atoms with Gasteiger partial charge in [0.05, 0.1) is 15.6 Å². The van der Waals surface area contributed by atoms with Gasteiger partial charge in [0.15, 0.2) is 5.78 Å². The lowest BCUT2D eigenvalue weighted by Crippen LogP contribution is -2.52. The van der Waals surface area contributed by atoms with Crippen molar-refractivity contribution in [3.8, 4) is 0 Å². The zero-order valence-corrected chi connectivity index (χ0v) is 20.3. The van der Waals surface area contributed by atoms with E-state index in [1.807, 2.05) is 30.3 Å². The number of nitrogen functional groups attached to an aromatic ring is 1. The van der Waals surface area contributed by atoms with Crippen molar-refractivity contribution in [2.24, 2.45) is 11.5 Å². The van der Waals surface area contributed by atoms with Gasteiger partial charge in [-0.05, 0) is 48.1 Å². The van der Waals surface area contributed by atoms with E-state index in [-0.39, 0.29) is 23.7 Å². The highest BCUT2D eigenvalue weighted by atomic mass is 32.1. The van der Waals surface area contributed by atoms with Crippen LogP contribution in [0.1, 0.15) is 70.6 Å². The third-order valence-electron chi connectivity index (χ3n) is 7.16. The van der Waals surface area contributed by atoms with Gasteiger partial charge in [0.1, 0.15) is 5.54 Å². The minimum Gasteiger partial charge on any atom is -0.398 e. The van der Waals surface area contributed by atoms with Gasteiger partial charge in [0.2, 0.25) is 0 Å². The molecule has 0 spiro atoms. The van der Waals surface area contributed by atoms with E-state index in [1.165, 1.54) is 11.3 Å². The van der Waals surface area contributed by atoms with Crippen molar-refractivity contribution >= 4 is 38.8 Å². The molecule has 1 aliphatic heterocycles. The lowest BCUT2D eigenvalue weighted by molar-refractivity contribution is -0.124. The van der Waals surface area contributed by atoms with Gasteiger partial charge >= 0.3 is 0 Å². The monoisotopic (exact) mass is 477 g/mol. The van der Waals surface area contributed by atoms with Crippen LogP contribution >= 0.6 is 11.3 Å². The van der Waals surface area contributed by atoms with Crippen molar-refractivity contribution in [3.63, 3.8) is 0 Å². The van der Waals surface area contributed by atoms with Crippen LogP contribution in [0.5, 0.6) is 0 Å². The van der Waals surface area contributed by atoms with Crippen molar-refractivity contribution in [2.45, 2.75) is 50.2 Å². The molecule has 2 heterocycles. The number of hydrogen-bond donors (Lipinski definition) is 5. The average Bonchev–Trinajstić information content (AvgIpc) is 3.25. The molecule has 0 bridgehead atoms. The number of nitrogens with two attached hydrogens (primary N) is 3. The van der Waals surface area contributed by atoms with Crippen LogP contribution in [0.4, 0.5) is 5.69 Å². The van der Waals surface area contributed by atoms with Crippen molar-refractivity contribution in [3.05, 3.63) is 63.5 Å². The summed E-state index contributed by atoms with van der Waals surface area (Å²) in [4.78, 5) is 27.6. The number of amides is 1. The first-order valence-corrected chi connectivity index (χ1v) is 12.6. The van der Waals surface area contributed by atoms with Gasteiger partial charge in [0.25, 0.3) is 5.91 Å². The molecule has 8 N–H and O–H groups in total. The Balaban J connectivity index is 1.69. The second kappa shape index (κ2) is 8.46. The van der Waals surface area contributed by atoms with E-state index in [0.717, 1.165) is 41.6 Å². The Hall–Kier alpha value is -2.78. The summed E-state index contributed by atoms with van der Waals surface area (Å²) in [6.45, 7) is 5.88. The van der Waals surface area contributed by atoms with E-state index < -0.39 is 11.6 Å². The van der Waals surface area contributed by atoms with Gasteiger partial charge in [-0.1, -0.05) is 44.2 Å². The highest BCUT2D eigenvalue weighted by Gasteiger charge is 2.48. The number of anilines is 1. The summed E-state index contributed by atoms with van der Waals surface area (Å²) in [5.41, 5.74) is 22.0. The molecule has 0 radical (unpaired) electrons. The predicted octanol–water partition coefficient (Wildman–Crippen LogP) is 2.87. The topological polar surface area (TPSA) is 136 Å². The fraction of sp³-hybridized carbons (Fsp3) is 0.385. The molecule has 3 unspecified atom stereocenters. The fourth-order valence-corrected chi connectivity index (χ4v) is 6.42. The van der Waals surface area contributed by atoms with Crippen LogP contribution in [0, 0.1) is 0 Å². The zero-order valence-electron chi connectivity index (χ0n) is 19.5. The summed E-state index contributed by atoms with van der Waals surface area (Å²) in [6, 6.07) is 10.4. The molecule has 0 saturated carbocycles. The van der Waals surface area contributed by atoms with E-state index in [0.29, 0.717) is 27.3 Å². The van der Waals surface area contributed by atoms with Crippen molar-refractivity contribution in [1.82, 2.24) is 10.6 Å². The quantitative estimate of drug-likeness (QED) is 0.367. The number of Topliss-reactive ketones (excluding diaryl/α,β-unsaturated/α-hetero) is 1. The molecule has 1 aromatic heterocycles. The minimum atomic E-state index is -1.43. The third-order valence-corrected chi connectivity index (χ3v) is 8.41. The molecule has 1 amide bonds. The predicted molar refractivity (Wildman–Crippen MR) is 137 cm³/mol. The van der Waals surface area contributed by atoms with Crippen molar-refractivity contribution in [2.75, 3.05) is 18.8 Å². The number of rotatable bonds is 4. The SMILES string of the molecule is CC(C)c1cccc(C2(N)C(=O)C(N)c3c(C(=O)NC4CCCNC4)sc4c(N)ccc2c34)c1. The van der Waals surface area contributed by atoms with Gasteiger partial charge in [-0.2, -0.15) is 0 Å². The maximum absolute atomic E-state index is 13.9. The Labute approximate surface area is 203 Å². The number of carbonyl (C=O) groups is 2. The molecule has 8 heteroatoms. The highest BCUT2D eigenvalue weighted by Crippen LogP contribution is 2.49. The second-order valence-corrected chi connectivity index (χ2v) is 10.7. The van der Waals surface area contributed by atoms with Crippen molar-refractivity contribution in [1.29, 1.82) is 0 Å². The fourth-order valence-electron chi connectivity index (χ4n) is 5.22. The molecule has 2 aliphatic rings. The smallest absolute Gasteiger partial charge is 0.262 e. The maximum atomic E-state index is 13.9. The van der Waals surface area contributed by atoms with Crippen LogP contribution in [0.25, 0.3) is 10.1 Å². The molecular weight excluding hydrogens is 446 g/mol. The summed E-state index contributed by atoms with van der Waals surface area (Å²) in [6.07, 6.45) is 1.92. The van der Waals surface area contributed by atoms with Crippen LogP contribution < -0.4 is 27.8 Å². The maximum Gasteiger partial charge on any atom is 0.262 e. The Morgan fingerprint density at radius 3 is 2.76 bits per heavy atom. The van der Waals surface area contributed by atoms with Crippen molar-refractivity contribution < 1.29 is 9.59 Å². The van der Waals surface area contributed by atoms with Gasteiger partial charge < -0.3 is 27.8 Å². The normalized spacial score (nSPS) is 24.6. The molecule has 178 valence electrons. The first-order valence-electron chi connectivity index (χ1n) is 11.8. The van der Waals surface area contributed by atoms with Gasteiger partial charge in [-0.3, -0.25) is 9.59 Å². The Kier molecular flexibility index (Phi) is 5.72. The first-order chi connectivity index (χ1) is 16.2. The number of hydrogen-bond acceptors (Lipinski definition) is 7. The molecule has 1 saturated heterocycles. The minimum absolute atomic E-state index is 0.0402. The molecule has 2 aromatic carbocycles. The molecule has 3 atom stereocenters. The van der Waals surface area contributed by atoms with Crippen LogP contribution in [-0.2, 0) is 10.3 Å². The summed E-state index contributed by atoms with van der Waals surface area (Å²) in [7, 11) is 0. The van der Waals surface area contributed by atoms with Gasteiger partial charge in [-0.15, -0.1) is 11.3 Å². The van der Waals surface area contributed by atoms with E-state index >= 15 is 0 Å². The standard InChI is InChI=1S/C26H31N5O2S/c1-13(2)14-5-3-6-15(11-14)26(29)17-8-9-18(27)22-19(17)20(21(28)24(26)32)23(34-22)25(33)31-16-7-4-10-30-12-16/h3,5-6,8-9,11,13,16,21,30H,4,7,10,12,27-29H2,1-2H3,(H,31,33). The molecule has 5 rings (SSSR count). The molecule has 1 aliphatic carbocycles. The number of benzene rings is 2. The van der Waals surface area contributed by atoms with Crippen LogP contribution in [0.15, 0.2) is 36.4 Å². The molecule has 34 heavy (non-hydrogen) atoms. The third kappa shape index (κ3) is 3.44. The summed E-state index contributed by atoms with van der Waals surface area (Å²) in [5.74, 6) is -0.257. The second-order valence-electron chi connectivity index (χ2n) is 9.70. The van der Waals surface area contributed by atoms with E-state index in [4.69, 9.17) is 17.2 Å². The van der Waals surface area contributed by atoms with Gasteiger partial charge in [0, 0.05) is 29.2 Å². The lowest BCUT2D eigenvalue weighted by Gasteiger charge is -2.37. The number of carbonyl (C=O) groups excluding carboxylic acids is 2. The molecular formula is C26H31N5O2S. The van der Waals surface area contributed by atoms with Crippen LogP contribution in [0.3, 0.4) is 0 Å². The Bertz CT molecular complexity index is 1290. The number of piperidine rings is 1. The summed E-state index contributed by atoms with van der Waals surface area (Å²) < 4.78 is 0.747. The largest absolute Gasteiger partial charge is 0.398 e. The molecule has 7 nitrogen and oxygen atoms in total. The zero-order chi connectivity index (χ0) is 24.2. The summed E-state index contributed by atoms with van der Waals surface area (Å²) in [5, 5.41) is 7.16. The highest BCUT2D eigenvalue weighted by molar-refractivity contribution is 7.21. The first kappa shape index (κ1) is 23.0. The Morgan fingerprint density at radius 2 is 2.06 bits per heavy atom. The number of ketones is 1. The van der Waals surface area contributed by atoms with Crippen LogP contribution in [-0.4, -0.2) is 30.8 Å². The lowest BCUT2D eigenvalue weighted by atomic mass is 9.70. The van der Waals surface area contributed by atoms with E-state index in [9.17, 15) is 9.59 Å². The van der Waals surface area contributed by atoms with Crippen LogP contribution in [0.2, 0.25) is 0 Å². The molecule has 1 fully saturated rings. The molecule has 3 aromatic rings. The van der Waals surface area contributed by atoms with E-state index in [1.54, 1.807) is 6.07 Å².